The van der Waals surface area contributed by atoms with Gasteiger partial charge in [-0.15, -0.1) is 0 Å². The molecule has 2 amide bonds. The van der Waals surface area contributed by atoms with E-state index in [9.17, 15) is 9.90 Å². The van der Waals surface area contributed by atoms with E-state index in [1.165, 1.54) is 28.9 Å². The van der Waals surface area contributed by atoms with Crippen LogP contribution >= 0.6 is 0 Å². The lowest BCUT2D eigenvalue weighted by Crippen LogP contribution is -2.57. The Kier molecular flexibility index (Phi) is 2.34. The summed E-state index contributed by atoms with van der Waals surface area (Å²) in [6.45, 7) is 4.44. The van der Waals surface area contributed by atoms with Crippen molar-refractivity contribution < 1.29 is 9.90 Å². The van der Waals surface area contributed by atoms with Crippen LogP contribution in [0.4, 0.5) is 4.79 Å². The zero-order valence-corrected chi connectivity index (χ0v) is 11.4. The zero-order valence-electron chi connectivity index (χ0n) is 11.4. The van der Waals surface area contributed by atoms with Crippen molar-refractivity contribution in [1.29, 1.82) is 0 Å². The molecule has 0 aromatic heterocycles. The molecule has 0 spiro atoms. The summed E-state index contributed by atoms with van der Waals surface area (Å²) < 4.78 is 0. The van der Waals surface area contributed by atoms with Crippen LogP contribution in [0.2, 0.25) is 0 Å². The molecule has 0 bridgehead atoms. The van der Waals surface area contributed by atoms with Gasteiger partial charge < -0.3 is 10.4 Å². The fourth-order valence-corrected chi connectivity index (χ4v) is 4.16. The van der Waals surface area contributed by atoms with Gasteiger partial charge in [0.2, 0.25) is 0 Å². The van der Waals surface area contributed by atoms with Crippen LogP contribution in [0.3, 0.4) is 0 Å². The Morgan fingerprint density at radius 3 is 2.83 bits per heavy atom. The van der Waals surface area contributed by atoms with Crippen LogP contribution < -0.4 is 5.32 Å². The van der Waals surface area contributed by atoms with Crippen LogP contribution in [-0.4, -0.2) is 34.9 Å². The van der Waals surface area contributed by atoms with E-state index in [0.717, 1.165) is 12.8 Å². The van der Waals surface area contributed by atoms with Crippen LogP contribution in [0.1, 0.15) is 46.0 Å². The quantitative estimate of drug-likeness (QED) is 0.646. The summed E-state index contributed by atoms with van der Waals surface area (Å²) in [5.74, 6) is 0. The topological polar surface area (TPSA) is 52.6 Å². The Balaban J connectivity index is 2.10. The predicted molar refractivity (Wildman–Crippen MR) is 68.9 cm³/mol. The number of carbonyl (C=O) groups excluding carboxylic acids is 1. The third-order valence-electron chi connectivity index (χ3n) is 5.34. The molecule has 4 heteroatoms. The van der Waals surface area contributed by atoms with Crippen molar-refractivity contribution in [3.05, 3.63) is 11.1 Å². The SMILES string of the molecule is CC1=C2C3NC(=O)N(C)C3(O)CCC2(C)CCC1. The van der Waals surface area contributed by atoms with Crippen LogP contribution in [0.25, 0.3) is 0 Å². The molecular formula is C14H22N2O2. The van der Waals surface area contributed by atoms with Gasteiger partial charge in [-0.2, -0.15) is 0 Å². The Bertz CT molecular complexity index is 445. The van der Waals surface area contributed by atoms with E-state index in [0.29, 0.717) is 6.42 Å². The summed E-state index contributed by atoms with van der Waals surface area (Å²) in [6, 6.07) is -0.369. The highest BCUT2D eigenvalue weighted by Gasteiger charge is 2.58. The fourth-order valence-electron chi connectivity index (χ4n) is 4.16. The Hall–Kier alpha value is -1.03. The van der Waals surface area contributed by atoms with E-state index in [4.69, 9.17) is 0 Å². The van der Waals surface area contributed by atoms with Gasteiger partial charge in [0.1, 0.15) is 6.04 Å². The van der Waals surface area contributed by atoms with Crippen molar-refractivity contribution in [1.82, 2.24) is 10.2 Å². The molecule has 1 saturated carbocycles. The van der Waals surface area contributed by atoms with E-state index >= 15 is 0 Å². The Morgan fingerprint density at radius 2 is 2.11 bits per heavy atom. The van der Waals surface area contributed by atoms with E-state index < -0.39 is 5.72 Å². The van der Waals surface area contributed by atoms with Crippen LogP contribution in [0.5, 0.6) is 0 Å². The summed E-state index contributed by atoms with van der Waals surface area (Å²) in [5, 5.41) is 13.8. The van der Waals surface area contributed by atoms with Gasteiger partial charge in [-0.05, 0) is 50.0 Å². The van der Waals surface area contributed by atoms with E-state index in [1.807, 2.05) is 0 Å². The minimum Gasteiger partial charge on any atom is -0.368 e. The van der Waals surface area contributed by atoms with E-state index in [2.05, 4.69) is 19.2 Å². The number of amides is 2. The number of hydrogen-bond acceptors (Lipinski definition) is 2. The van der Waals surface area contributed by atoms with E-state index in [-0.39, 0.29) is 17.5 Å². The molecule has 3 aliphatic rings. The van der Waals surface area contributed by atoms with Crippen molar-refractivity contribution in [2.75, 3.05) is 7.05 Å². The minimum atomic E-state index is -1.02. The van der Waals surface area contributed by atoms with Crippen LogP contribution in [-0.2, 0) is 0 Å². The van der Waals surface area contributed by atoms with Gasteiger partial charge in [-0.3, -0.25) is 4.90 Å². The van der Waals surface area contributed by atoms with Gasteiger partial charge in [-0.25, -0.2) is 4.79 Å². The Labute approximate surface area is 108 Å². The first-order chi connectivity index (χ1) is 8.38. The van der Waals surface area contributed by atoms with Crippen molar-refractivity contribution >= 4 is 6.03 Å². The summed E-state index contributed by atoms with van der Waals surface area (Å²) in [6.07, 6.45) is 5.12. The molecule has 2 N–H and O–H groups in total. The monoisotopic (exact) mass is 250 g/mol. The van der Waals surface area contributed by atoms with Crippen LogP contribution in [0, 0.1) is 5.41 Å². The molecule has 2 fully saturated rings. The maximum absolute atomic E-state index is 11.9. The fraction of sp³-hybridized carbons (Fsp3) is 0.786. The summed E-state index contributed by atoms with van der Waals surface area (Å²) in [4.78, 5) is 13.3. The maximum Gasteiger partial charge on any atom is 0.320 e. The second-order valence-corrected chi connectivity index (χ2v) is 6.43. The molecule has 3 atom stereocenters. The lowest BCUT2D eigenvalue weighted by atomic mass is 9.60. The van der Waals surface area contributed by atoms with Crippen LogP contribution in [0.15, 0.2) is 11.1 Å². The first-order valence-electron chi connectivity index (χ1n) is 6.85. The molecule has 1 heterocycles. The Morgan fingerprint density at radius 1 is 1.39 bits per heavy atom. The van der Waals surface area contributed by atoms with Gasteiger partial charge in [0.05, 0.1) is 0 Å². The normalized spacial score (nSPS) is 43.7. The molecule has 3 unspecified atom stereocenters. The molecule has 1 aliphatic heterocycles. The smallest absolute Gasteiger partial charge is 0.320 e. The number of nitrogens with one attached hydrogen (secondary N) is 1. The number of allylic oxidation sites excluding steroid dienone is 1. The maximum atomic E-state index is 11.9. The molecule has 3 rings (SSSR count). The molecule has 2 aliphatic carbocycles. The number of aliphatic hydroxyl groups is 1. The first kappa shape index (κ1) is 12.0. The third kappa shape index (κ3) is 1.32. The highest BCUT2D eigenvalue weighted by Crippen LogP contribution is 2.53. The molecule has 18 heavy (non-hydrogen) atoms. The number of nitrogens with zero attached hydrogens (tertiary/aromatic N) is 1. The first-order valence-corrected chi connectivity index (χ1v) is 6.85. The average molecular weight is 250 g/mol. The highest BCUT2D eigenvalue weighted by molar-refractivity contribution is 5.79. The highest BCUT2D eigenvalue weighted by atomic mass is 16.3. The molecule has 0 aromatic rings. The van der Waals surface area contributed by atoms with Gasteiger partial charge in [0.15, 0.2) is 5.72 Å². The number of carbonyl (C=O) groups is 1. The minimum absolute atomic E-state index is 0.155. The molecule has 100 valence electrons. The largest absolute Gasteiger partial charge is 0.368 e. The standard InChI is InChI=1S/C14H22N2O2/c1-9-5-4-6-13(2)7-8-14(18)11(10(9)13)15-12(17)16(14)3/h11,18H,4-8H2,1-3H3,(H,15,17). The van der Waals surface area contributed by atoms with E-state index in [1.54, 1.807) is 7.05 Å². The van der Waals surface area contributed by atoms with Crippen molar-refractivity contribution in [3.8, 4) is 0 Å². The summed E-state index contributed by atoms with van der Waals surface area (Å²) >= 11 is 0. The number of urea groups is 1. The van der Waals surface area contributed by atoms with Crippen molar-refractivity contribution in [2.45, 2.75) is 57.7 Å². The van der Waals surface area contributed by atoms with Gasteiger partial charge in [0, 0.05) is 7.05 Å². The second kappa shape index (κ2) is 3.50. The molecule has 0 radical (unpaired) electrons. The number of hydrogen-bond donors (Lipinski definition) is 2. The van der Waals surface area contributed by atoms with Crippen molar-refractivity contribution in [2.24, 2.45) is 5.41 Å². The molecule has 4 nitrogen and oxygen atoms in total. The third-order valence-corrected chi connectivity index (χ3v) is 5.34. The predicted octanol–water partition coefficient (Wildman–Crippen LogP) is 2.00. The van der Waals surface area contributed by atoms with Crippen molar-refractivity contribution in [3.63, 3.8) is 0 Å². The summed E-state index contributed by atoms with van der Waals surface area (Å²) in [7, 11) is 1.69. The summed E-state index contributed by atoms with van der Waals surface area (Å²) in [5.41, 5.74) is 1.80. The second-order valence-electron chi connectivity index (χ2n) is 6.43. The number of rotatable bonds is 0. The lowest BCUT2D eigenvalue weighted by molar-refractivity contribution is -0.0917. The number of likely N-dealkylation sites (N-methyl/N-ethyl adjacent to an activating group) is 1. The zero-order chi connectivity index (χ0) is 13.1. The molecule has 1 saturated heterocycles. The molecular weight excluding hydrogens is 228 g/mol. The van der Waals surface area contributed by atoms with Gasteiger partial charge >= 0.3 is 6.03 Å². The van der Waals surface area contributed by atoms with Gasteiger partial charge in [-0.1, -0.05) is 12.5 Å². The lowest BCUT2D eigenvalue weighted by Gasteiger charge is -2.50. The average Bonchev–Trinajstić information content (AvgIpc) is 2.53. The van der Waals surface area contributed by atoms with Gasteiger partial charge in [0.25, 0.3) is 0 Å². The molecule has 0 aromatic carbocycles. The number of fused-ring (bicyclic) bond motifs is 3.